The van der Waals surface area contributed by atoms with Gasteiger partial charge in [0.25, 0.3) is 0 Å². The molecule has 148 valence electrons. The zero-order valence-corrected chi connectivity index (χ0v) is 16.5. The van der Waals surface area contributed by atoms with Crippen LogP contribution in [0, 0.1) is 23.1 Å². The highest BCUT2D eigenvalue weighted by molar-refractivity contribution is 5.65. The SMILES string of the molecule is CCCCCC1COC(CCc2ccc(-c3ccc(C#N)cc3F)cc2)OC1. The topological polar surface area (TPSA) is 42.2 Å². The normalized spacial score (nSPS) is 19.3. The lowest BCUT2D eigenvalue weighted by atomic mass is 10.00. The van der Waals surface area contributed by atoms with Gasteiger partial charge in [0, 0.05) is 17.9 Å². The Morgan fingerprint density at radius 1 is 1.04 bits per heavy atom. The van der Waals surface area contributed by atoms with Crippen LogP contribution in [0.1, 0.15) is 50.2 Å². The van der Waals surface area contributed by atoms with E-state index < -0.39 is 0 Å². The fraction of sp³-hybridized carbons (Fsp3) is 0.458. The maximum Gasteiger partial charge on any atom is 0.157 e. The minimum atomic E-state index is -0.371. The van der Waals surface area contributed by atoms with E-state index in [1.54, 1.807) is 12.1 Å². The molecule has 0 saturated carbocycles. The molecule has 0 unspecified atom stereocenters. The molecule has 1 heterocycles. The number of halogens is 1. The molecule has 3 nitrogen and oxygen atoms in total. The minimum absolute atomic E-state index is 0.127. The first kappa shape index (κ1) is 20.5. The molecule has 4 heteroatoms. The second kappa shape index (κ2) is 10.4. The van der Waals surface area contributed by atoms with Crippen molar-refractivity contribution in [2.24, 2.45) is 5.92 Å². The molecule has 0 spiro atoms. The zero-order chi connectivity index (χ0) is 19.8. The number of nitriles is 1. The van der Waals surface area contributed by atoms with Crippen molar-refractivity contribution in [3.63, 3.8) is 0 Å². The minimum Gasteiger partial charge on any atom is -0.352 e. The largest absolute Gasteiger partial charge is 0.352 e. The van der Waals surface area contributed by atoms with Gasteiger partial charge in [-0.15, -0.1) is 0 Å². The summed E-state index contributed by atoms with van der Waals surface area (Å²) in [5.74, 6) is 0.161. The van der Waals surface area contributed by atoms with E-state index in [-0.39, 0.29) is 12.1 Å². The smallest absolute Gasteiger partial charge is 0.157 e. The number of nitrogens with zero attached hydrogens (tertiary/aromatic N) is 1. The summed E-state index contributed by atoms with van der Waals surface area (Å²) in [5, 5.41) is 8.85. The van der Waals surface area contributed by atoms with Crippen molar-refractivity contribution in [1.82, 2.24) is 0 Å². The summed E-state index contributed by atoms with van der Waals surface area (Å²) < 4.78 is 25.9. The van der Waals surface area contributed by atoms with Gasteiger partial charge in [-0.1, -0.05) is 56.5 Å². The van der Waals surface area contributed by atoms with Crippen molar-refractivity contribution in [2.45, 2.75) is 51.7 Å². The molecule has 1 saturated heterocycles. The average molecular weight is 381 g/mol. The predicted octanol–water partition coefficient (Wildman–Crippen LogP) is 5.87. The van der Waals surface area contributed by atoms with Crippen molar-refractivity contribution in [3.8, 4) is 17.2 Å². The highest BCUT2D eigenvalue weighted by Crippen LogP contribution is 2.25. The number of benzene rings is 2. The molecule has 0 atom stereocenters. The van der Waals surface area contributed by atoms with Crippen LogP contribution >= 0.6 is 0 Å². The highest BCUT2D eigenvalue weighted by Gasteiger charge is 2.21. The molecule has 3 rings (SSSR count). The third-order valence-electron chi connectivity index (χ3n) is 5.28. The van der Waals surface area contributed by atoms with Gasteiger partial charge in [0.1, 0.15) is 5.82 Å². The first-order valence-electron chi connectivity index (χ1n) is 10.2. The number of aryl methyl sites for hydroxylation is 1. The molecule has 0 amide bonds. The predicted molar refractivity (Wildman–Crippen MR) is 108 cm³/mol. The lowest BCUT2D eigenvalue weighted by Crippen LogP contribution is -2.32. The standard InChI is InChI=1S/C24H28FNO2/c1-2-3-4-5-20-16-27-24(28-17-20)13-9-18-6-10-21(11-7-18)22-12-8-19(15-26)14-23(22)25/h6-8,10-12,14,20,24H,2-5,9,13,16-17H2,1H3. The van der Waals surface area contributed by atoms with Crippen LogP contribution in [0.15, 0.2) is 42.5 Å². The molecule has 0 N–H and O–H groups in total. The van der Waals surface area contributed by atoms with E-state index >= 15 is 0 Å². The fourth-order valence-corrected chi connectivity index (χ4v) is 3.55. The molecule has 1 fully saturated rings. The monoisotopic (exact) mass is 381 g/mol. The van der Waals surface area contributed by atoms with Crippen LogP contribution in [0.4, 0.5) is 4.39 Å². The van der Waals surface area contributed by atoms with Crippen LogP contribution in [-0.2, 0) is 15.9 Å². The van der Waals surface area contributed by atoms with Gasteiger partial charge in [-0.25, -0.2) is 4.39 Å². The van der Waals surface area contributed by atoms with Gasteiger partial charge >= 0.3 is 0 Å². The molecule has 0 radical (unpaired) electrons. The first-order valence-corrected chi connectivity index (χ1v) is 10.2. The summed E-state index contributed by atoms with van der Waals surface area (Å²) in [4.78, 5) is 0. The Hall–Kier alpha value is -2.22. The quantitative estimate of drug-likeness (QED) is 0.537. The van der Waals surface area contributed by atoms with Gasteiger partial charge in [0.2, 0.25) is 0 Å². The van der Waals surface area contributed by atoms with Crippen LogP contribution in [0.2, 0.25) is 0 Å². The number of hydrogen-bond acceptors (Lipinski definition) is 3. The molecule has 1 aliphatic heterocycles. The van der Waals surface area contributed by atoms with E-state index in [0.717, 1.165) is 31.6 Å². The van der Waals surface area contributed by atoms with Gasteiger partial charge in [-0.3, -0.25) is 0 Å². The Morgan fingerprint density at radius 2 is 1.79 bits per heavy atom. The molecule has 0 aliphatic carbocycles. The molecule has 2 aromatic rings. The molecule has 28 heavy (non-hydrogen) atoms. The molecular weight excluding hydrogens is 353 g/mol. The van der Waals surface area contributed by atoms with Crippen LogP contribution in [0.3, 0.4) is 0 Å². The lowest BCUT2D eigenvalue weighted by molar-refractivity contribution is -0.203. The maximum atomic E-state index is 14.2. The van der Waals surface area contributed by atoms with Crippen molar-refractivity contribution in [1.29, 1.82) is 5.26 Å². The number of hydrogen-bond donors (Lipinski definition) is 0. The Morgan fingerprint density at radius 3 is 2.43 bits per heavy atom. The molecule has 0 bridgehead atoms. The number of unbranched alkanes of at least 4 members (excludes halogenated alkanes) is 2. The van der Waals surface area contributed by atoms with Gasteiger partial charge < -0.3 is 9.47 Å². The maximum absolute atomic E-state index is 14.2. The summed E-state index contributed by atoms with van der Waals surface area (Å²) in [6, 6.07) is 14.4. The Kier molecular flexibility index (Phi) is 7.59. The number of ether oxygens (including phenoxy) is 2. The Balaban J connectivity index is 1.47. The second-order valence-corrected chi connectivity index (χ2v) is 7.50. The van der Waals surface area contributed by atoms with Gasteiger partial charge in [-0.05, 0) is 36.1 Å². The first-order chi connectivity index (χ1) is 13.7. The zero-order valence-electron chi connectivity index (χ0n) is 16.5. The molecule has 0 aromatic heterocycles. The van der Waals surface area contributed by atoms with Gasteiger partial charge in [0.15, 0.2) is 6.29 Å². The van der Waals surface area contributed by atoms with Gasteiger partial charge in [0.05, 0.1) is 24.8 Å². The summed E-state index contributed by atoms with van der Waals surface area (Å²) in [6.07, 6.45) is 6.53. The fourth-order valence-electron chi connectivity index (χ4n) is 3.55. The lowest BCUT2D eigenvalue weighted by Gasteiger charge is -2.29. The number of rotatable bonds is 8. The van der Waals surface area contributed by atoms with Crippen molar-refractivity contribution in [3.05, 3.63) is 59.4 Å². The molecular formula is C24H28FNO2. The summed E-state index contributed by atoms with van der Waals surface area (Å²) >= 11 is 0. The van der Waals surface area contributed by atoms with E-state index in [1.165, 1.54) is 37.3 Å². The van der Waals surface area contributed by atoms with E-state index in [1.807, 2.05) is 30.3 Å². The van der Waals surface area contributed by atoms with E-state index in [0.29, 0.717) is 17.0 Å². The van der Waals surface area contributed by atoms with Gasteiger partial charge in [-0.2, -0.15) is 5.26 Å². The summed E-state index contributed by atoms with van der Waals surface area (Å²) in [6.45, 7) is 3.81. The van der Waals surface area contributed by atoms with E-state index in [9.17, 15) is 4.39 Å². The van der Waals surface area contributed by atoms with Crippen molar-refractivity contribution < 1.29 is 13.9 Å². The molecule has 1 aliphatic rings. The van der Waals surface area contributed by atoms with Crippen LogP contribution in [0.25, 0.3) is 11.1 Å². The highest BCUT2D eigenvalue weighted by atomic mass is 19.1. The second-order valence-electron chi connectivity index (χ2n) is 7.50. The van der Waals surface area contributed by atoms with E-state index in [2.05, 4.69) is 6.92 Å². The third kappa shape index (κ3) is 5.64. The van der Waals surface area contributed by atoms with Crippen molar-refractivity contribution >= 4 is 0 Å². The molecule has 2 aromatic carbocycles. The summed E-state index contributed by atoms with van der Waals surface area (Å²) in [7, 11) is 0. The van der Waals surface area contributed by atoms with Crippen molar-refractivity contribution in [2.75, 3.05) is 13.2 Å². The van der Waals surface area contributed by atoms with Crippen LogP contribution < -0.4 is 0 Å². The Bertz CT molecular complexity index is 789. The average Bonchev–Trinajstić information content (AvgIpc) is 2.74. The Labute approximate surface area is 167 Å². The van der Waals surface area contributed by atoms with Crippen LogP contribution in [0.5, 0.6) is 0 Å². The summed E-state index contributed by atoms with van der Waals surface area (Å²) in [5.41, 5.74) is 2.83. The van der Waals surface area contributed by atoms with Crippen LogP contribution in [-0.4, -0.2) is 19.5 Å². The van der Waals surface area contributed by atoms with E-state index in [4.69, 9.17) is 14.7 Å². The third-order valence-corrected chi connectivity index (χ3v) is 5.28.